The number of rotatable bonds is 6. The van der Waals surface area contributed by atoms with Crippen LogP contribution in [0.1, 0.15) is 91.6 Å². The second-order valence-electron chi connectivity index (χ2n) is 9.39. The fourth-order valence-corrected chi connectivity index (χ4v) is 4.51. The van der Waals surface area contributed by atoms with Crippen LogP contribution in [-0.4, -0.2) is 34.1 Å². The van der Waals surface area contributed by atoms with Crippen molar-refractivity contribution in [1.29, 1.82) is 0 Å². The number of carbonyl (C=O) groups excluding carboxylic acids is 2. The van der Waals surface area contributed by atoms with Crippen molar-refractivity contribution in [2.45, 2.75) is 97.6 Å². The first-order valence-corrected chi connectivity index (χ1v) is 10.3. The molecule has 0 bridgehead atoms. The maximum absolute atomic E-state index is 11.5. The highest BCUT2D eigenvalue weighted by molar-refractivity contribution is 5.73. The molecule has 0 spiro atoms. The molecular formula is C23H36N2O4. The molecule has 0 aromatic heterocycles. The minimum atomic E-state index is -0.287. The molecule has 0 aliphatic carbocycles. The van der Waals surface area contributed by atoms with Gasteiger partial charge in [-0.15, -0.1) is 0 Å². The van der Waals surface area contributed by atoms with Crippen LogP contribution in [0.5, 0.6) is 0 Å². The van der Waals surface area contributed by atoms with Gasteiger partial charge in [-0.05, 0) is 65.5 Å². The number of piperidine rings is 1. The van der Waals surface area contributed by atoms with Crippen LogP contribution in [0.4, 0.5) is 0 Å². The third-order valence-electron chi connectivity index (χ3n) is 5.48. The molecule has 162 valence electrons. The number of hydroxylamine groups is 2. The molecule has 0 saturated carbocycles. The van der Waals surface area contributed by atoms with Gasteiger partial charge in [-0.3, -0.25) is 14.4 Å². The third kappa shape index (κ3) is 6.03. The second-order valence-corrected chi connectivity index (χ2v) is 9.39. The predicted molar refractivity (Wildman–Crippen MR) is 113 cm³/mol. The SMILES string of the molecule is CC(=O)NC1CC(C)(C)N(OC(C)c2ccc(C(C)OC(C)=O)cc2)C(C)(C)C1. The molecule has 6 nitrogen and oxygen atoms in total. The van der Waals surface area contributed by atoms with Crippen LogP contribution in [-0.2, 0) is 19.2 Å². The minimum absolute atomic E-state index is 0.00686. The van der Waals surface area contributed by atoms with Crippen LogP contribution in [0.2, 0.25) is 0 Å². The lowest BCUT2D eigenvalue weighted by Crippen LogP contribution is -2.64. The topological polar surface area (TPSA) is 67.9 Å². The van der Waals surface area contributed by atoms with Crippen LogP contribution >= 0.6 is 0 Å². The molecule has 29 heavy (non-hydrogen) atoms. The lowest BCUT2D eigenvalue weighted by molar-refractivity contribution is -0.306. The van der Waals surface area contributed by atoms with E-state index in [9.17, 15) is 9.59 Å². The molecule has 2 unspecified atom stereocenters. The fraction of sp³-hybridized carbons (Fsp3) is 0.652. The van der Waals surface area contributed by atoms with E-state index in [4.69, 9.17) is 9.57 Å². The molecule has 1 heterocycles. The van der Waals surface area contributed by atoms with Crippen molar-refractivity contribution in [1.82, 2.24) is 10.4 Å². The van der Waals surface area contributed by atoms with Crippen molar-refractivity contribution >= 4 is 11.9 Å². The number of benzene rings is 1. The van der Waals surface area contributed by atoms with Gasteiger partial charge in [0.1, 0.15) is 12.2 Å². The minimum Gasteiger partial charge on any atom is -0.458 e. The van der Waals surface area contributed by atoms with E-state index < -0.39 is 0 Å². The molecule has 0 radical (unpaired) electrons. The lowest BCUT2D eigenvalue weighted by atomic mass is 9.79. The highest BCUT2D eigenvalue weighted by Gasteiger charge is 2.47. The summed E-state index contributed by atoms with van der Waals surface area (Å²) >= 11 is 0. The van der Waals surface area contributed by atoms with Crippen molar-refractivity contribution in [2.75, 3.05) is 0 Å². The Morgan fingerprint density at radius 3 is 1.83 bits per heavy atom. The molecule has 1 aromatic rings. The number of hydrogen-bond donors (Lipinski definition) is 1. The molecule has 1 aliphatic heterocycles. The Morgan fingerprint density at radius 2 is 1.41 bits per heavy atom. The maximum atomic E-state index is 11.5. The molecule has 2 rings (SSSR count). The first-order valence-electron chi connectivity index (χ1n) is 10.3. The van der Waals surface area contributed by atoms with Crippen molar-refractivity contribution in [3.05, 3.63) is 35.4 Å². The first kappa shape index (κ1) is 23.4. The van der Waals surface area contributed by atoms with Gasteiger partial charge >= 0.3 is 5.97 Å². The van der Waals surface area contributed by atoms with Crippen molar-refractivity contribution in [3.8, 4) is 0 Å². The Labute approximate surface area is 174 Å². The van der Waals surface area contributed by atoms with Gasteiger partial charge in [-0.1, -0.05) is 24.3 Å². The van der Waals surface area contributed by atoms with Crippen LogP contribution in [0, 0.1) is 0 Å². The van der Waals surface area contributed by atoms with Gasteiger partial charge in [0.15, 0.2) is 0 Å². The maximum Gasteiger partial charge on any atom is 0.303 e. The second kappa shape index (κ2) is 8.84. The summed E-state index contributed by atoms with van der Waals surface area (Å²) in [6.07, 6.45) is 1.23. The van der Waals surface area contributed by atoms with E-state index >= 15 is 0 Å². The molecule has 6 heteroatoms. The van der Waals surface area contributed by atoms with Gasteiger partial charge in [0.2, 0.25) is 5.91 Å². The predicted octanol–water partition coefficient (Wildman–Crippen LogP) is 4.46. The molecule has 1 fully saturated rings. The van der Waals surface area contributed by atoms with E-state index in [1.807, 2.05) is 38.1 Å². The summed E-state index contributed by atoms with van der Waals surface area (Å²) < 4.78 is 5.24. The first-order chi connectivity index (χ1) is 13.3. The van der Waals surface area contributed by atoms with Crippen molar-refractivity contribution in [3.63, 3.8) is 0 Å². The fourth-order valence-electron chi connectivity index (χ4n) is 4.51. The Bertz CT molecular complexity index is 709. The number of ether oxygens (including phenoxy) is 1. The van der Waals surface area contributed by atoms with Crippen LogP contribution in [0.25, 0.3) is 0 Å². The average molecular weight is 405 g/mol. The molecule has 1 aliphatic rings. The normalized spacial score (nSPS) is 21.2. The Morgan fingerprint density at radius 1 is 0.966 bits per heavy atom. The van der Waals surface area contributed by atoms with Gasteiger partial charge in [0.25, 0.3) is 0 Å². The highest BCUT2D eigenvalue weighted by atomic mass is 16.7. The number of carbonyl (C=O) groups is 2. The number of amides is 1. The molecule has 1 aromatic carbocycles. The summed E-state index contributed by atoms with van der Waals surface area (Å²) in [7, 11) is 0. The van der Waals surface area contributed by atoms with Gasteiger partial charge in [0, 0.05) is 31.0 Å². The average Bonchev–Trinajstić information content (AvgIpc) is 2.56. The zero-order valence-corrected chi connectivity index (χ0v) is 19.0. The number of nitrogens with one attached hydrogen (secondary N) is 1. The summed E-state index contributed by atoms with van der Waals surface area (Å²) in [5, 5.41) is 5.17. The largest absolute Gasteiger partial charge is 0.458 e. The number of esters is 1. The van der Waals surface area contributed by atoms with E-state index in [0.717, 1.165) is 24.0 Å². The van der Waals surface area contributed by atoms with E-state index in [1.54, 1.807) is 6.92 Å². The zero-order chi connectivity index (χ0) is 22.0. The van der Waals surface area contributed by atoms with Crippen molar-refractivity contribution in [2.24, 2.45) is 0 Å². The van der Waals surface area contributed by atoms with Gasteiger partial charge in [0.05, 0.1) is 0 Å². The van der Waals surface area contributed by atoms with Crippen molar-refractivity contribution < 1.29 is 19.2 Å². The van der Waals surface area contributed by atoms with E-state index in [-0.39, 0.29) is 41.2 Å². The zero-order valence-electron chi connectivity index (χ0n) is 19.0. The Balaban J connectivity index is 2.11. The number of nitrogens with zero attached hydrogens (tertiary/aromatic N) is 1. The summed E-state index contributed by atoms with van der Waals surface area (Å²) in [5.41, 5.74) is 1.55. The molecular weight excluding hydrogens is 368 g/mol. The smallest absolute Gasteiger partial charge is 0.303 e. The third-order valence-corrected chi connectivity index (χ3v) is 5.48. The summed E-state index contributed by atoms with van der Waals surface area (Å²) in [5.74, 6) is -0.280. The van der Waals surface area contributed by atoms with Crippen LogP contribution < -0.4 is 5.32 Å². The van der Waals surface area contributed by atoms with E-state index in [0.29, 0.717) is 0 Å². The highest BCUT2D eigenvalue weighted by Crippen LogP contribution is 2.40. The Kier molecular flexibility index (Phi) is 7.12. The molecule has 1 N–H and O–H groups in total. The summed E-state index contributed by atoms with van der Waals surface area (Å²) in [6.45, 7) is 15.5. The van der Waals surface area contributed by atoms with E-state index in [2.05, 4.69) is 38.1 Å². The van der Waals surface area contributed by atoms with E-state index in [1.165, 1.54) is 6.92 Å². The number of hydrogen-bond acceptors (Lipinski definition) is 5. The quantitative estimate of drug-likeness (QED) is 0.709. The Hall–Kier alpha value is -1.92. The van der Waals surface area contributed by atoms with Crippen LogP contribution in [0.15, 0.2) is 24.3 Å². The van der Waals surface area contributed by atoms with Gasteiger partial charge in [-0.2, -0.15) is 5.06 Å². The van der Waals surface area contributed by atoms with Gasteiger partial charge in [-0.25, -0.2) is 0 Å². The van der Waals surface area contributed by atoms with Gasteiger partial charge < -0.3 is 10.1 Å². The monoisotopic (exact) mass is 404 g/mol. The lowest BCUT2D eigenvalue weighted by Gasteiger charge is -2.54. The standard InChI is InChI=1S/C23H36N2O4/c1-15(28-18(4)27)19-9-11-20(12-10-19)16(2)29-25-22(5,6)13-21(24-17(3)26)14-23(25,7)8/h9-12,15-16,21H,13-14H2,1-8H3,(H,24,26). The summed E-state index contributed by atoms with van der Waals surface area (Å²) in [4.78, 5) is 29.1. The van der Waals surface area contributed by atoms with Crippen LogP contribution in [0.3, 0.4) is 0 Å². The molecule has 1 saturated heterocycles. The molecule has 2 atom stereocenters. The summed E-state index contributed by atoms with van der Waals surface area (Å²) in [6, 6.07) is 8.12. The molecule has 1 amide bonds.